The van der Waals surface area contributed by atoms with Gasteiger partial charge in [-0.2, -0.15) is 9.78 Å². The number of nitrogens with zero attached hydrogens (tertiary/aromatic N) is 2. The van der Waals surface area contributed by atoms with Gasteiger partial charge in [0.25, 0.3) is 18.3 Å². The number of hydrogen-bond donors (Lipinski definition) is 0. The lowest BCUT2D eigenvalue weighted by molar-refractivity contribution is -0.00219. The molecule has 1 atom stereocenters. The van der Waals surface area contributed by atoms with Gasteiger partial charge in [0, 0.05) is 0 Å². The fourth-order valence-corrected chi connectivity index (χ4v) is 0.967. The molecule has 14 heavy (non-hydrogen) atoms. The third-order valence-corrected chi connectivity index (χ3v) is 2.09. The lowest BCUT2D eigenvalue weighted by Gasteiger charge is -2.09. The van der Waals surface area contributed by atoms with Crippen LogP contribution < -0.4 is 5.56 Å². The molecular weight excluding hydrogens is 244 g/mol. The fourth-order valence-electron chi connectivity index (χ4n) is 0.707. The first-order valence-electron chi connectivity index (χ1n) is 3.30. The van der Waals surface area contributed by atoms with Gasteiger partial charge < -0.3 is 0 Å². The Bertz CT molecular complexity index is 395. The van der Waals surface area contributed by atoms with Gasteiger partial charge in [0.1, 0.15) is 5.02 Å². The number of halogens is 5. The van der Waals surface area contributed by atoms with Crippen molar-refractivity contribution >= 4 is 23.2 Å². The second-order valence-electron chi connectivity index (χ2n) is 2.26. The van der Waals surface area contributed by atoms with Crippen LogP contribution in [-0.4, -0.2) is 16.2 Å². The zero-order chi connectivity index (χ0) is 10.9. The largest absolute Gasteiger partial charge is 0.289 e. The van der Waals surface area contributed by atoms with Crippen molar-refractivity contribution in [3.05, 3.63) is 26.6 Å². The van der Waals surface area contributed by atoms with Gasteiger partial charge in [-0.05, 0) is 0 Å². The Morgan fingerprint density at radius 3 is 2.43 bits per heavy atom. The van der Waals surface area contributed by atoms with Crippen molar-refractivity contribution in [3.63, 3.8) is 0 Å². The molecule has 8 heteroatoms. The molecule has 1 unspecified atom stereocenters. The minimum Gasteiger partial charge on any atom is -0.266 e. The smallest absolute Gasteiger partial charge is 0.266 e. The molecule has 0 bridgehead atoms. The van der Waals surface area contributed by atoms with Crippen molar-refractivity contribution in [2.45, 2.75) is 12.7 Å². The Labute approximate surface area is 86.0 Å². The highest BCUT2D eigenvalue weighted by molar-refractivity contribution is 6.41. The van der Waals surface area contributed by atoms with Crippen molar-refractivity contribution < 1.29 is 13.2 Å². The zero-order valence-electron chi connectivity index (χ0n) is 6.42. The van der Waals surface area contributed by atoms with E-state index in [1.54, 1.807) is 0 Å². The number of rotatable bonds is 2. The average Bonchev–Trinajstić information content (AvgIpc) is 2.13. The van der Waals surface area contributed by atoms with Crippen LogP contribution in [0.15, 0.2) is 11.0 Å². The summed E-state index contributed by atoms with van der Waals surface area (Å²) in [6.07, 6.45) is -5.35. The fraction of sp³-hybridized carbons (Fsp3) is 0.333. The average molecular weight is 247 g/mol. The third kappa shape index (κ3) is 2.01. The molecule has 1 rings (SSSR count). The van der Waals surface area contributed by atoms with Gasteiger partial charge in [-0.3, -0.25) is 4.79 Å². The topological polar surface area (TPSA) is 34.9 Å². The first-order valence-corrected chi connectivity index (χ1v) is 4.05. The van der Waals surface area contributed by atoms with Crippen molar-refractivity contribution in [1.82, 2.24) is 9.78 Å². The number of hydrogen-bond acceptors (Lipinski definition) is 2. The van der Waals surface area contributed by atoms with Gasteiger partial charge in [0.2, 0.25) is 0 Å². The molecule has 78 valence electrons. The van der Waals surface area contributed by atoms with Crippen LogP contribution >= 0.6 is 23.2 Å². The van der Waals surface area contributed by atoms with Crippen LogP contribution in [0.5, 0.6) is 0 Å². The van der Waals surface area contributed by atoms with Crippen LogP contribution in [0.2, 0.25) is 10.0 Å². The number of aromatic nitrogens is 2. The van der Waals surface area contributed by atoms with E-state index < -0.39 is 23.3 Å². The van der Waals surface area contributed by atoms with Crippen molar-refractivity contribution in [2.24, 2.45) is 0 Å². The van der Waals surface area contributed by atoms with E-state index in [1.807, 2.05) is 0 Å². The monoisotopic (exact) mass is 246 g/mol. The van der Waals surface area contributed by atoms with E-state index in [9.17, 15) is 18.0 Å². The van der Waals surface area contributed by atoms with Crippen LogP contribution in [0.1, 0.15) is 6.30 Å². The van der Waals surface area contributed by atoms with E-state index in [4.69, 9.17) is 23.2 Å². The molecule has 0 aliphatic heterocycles. The predicted molar refractivity (Wildman–Crippen MR) is 44.7 cm³/mol. The first-order chi connectivity index (χ1) is 6.45. The van der Waals surface area contributed by atoms with Crippen LogP contribution in [0.25, 0.3) is 0 Å². The molecule has 0 aliphatic rings. The van der Waals surface area contributed by atoms with Crippen molar-refractivity contribution in [3.8, 4) is 0 Å². The van der Waals surface area contributed by atoms with E-state index in [-0.39, 0.29) is 9.70 Å². The first kappa shape index (κ1) is 11.3. The summed E-state index contributed by atoms with van der Waals surface area (Å²) in [5.41, 5.74) is -1.19. The summed E-state index contributed by atoms with van der Waals surface area (Å²) in [7, 11) is 0. The molecule has 0 spiro atoms. The van der Waals surface area contributed by atoms with Crippen LogP contribution in [-0.2, 0) is 0 Å². The van der Waals surface area contributed by atoms with E-state index in [0.29, 0.717) is 0 Å². The summed E-state index contributed by atoms with van der Waals surface area (Å²) < 4.78 is 36.4. The summed E-state index contributed by atoms with van der Waals surface area (Å²) >= 11 is 10.7. The highest BCUT2D eigenvalue weighted by Gasteiger charge is 2.24. The van der Waals surface area contributed by atoms with Gasteiger partial charge in [0.15, 0.2) is 0 Å². The molecule has 3 nitrogen and oxygen atoms in total. The minimum absolute atomic E-state index is 0.0567. The quantitative estimate of drug-likeness (QED) is 0.803. The van der Waals surface area contributed by atoms with E-state index >= 15 is 0 Å². The zero-order valence-corrected chi connectivity index (χ0v) is 7.94. The van der Waals surface area contributed by atoms with Gasteiger partial charge in [0.05, 0.1) is 11.2 Å². The Balaban J connectivity index is 3.25. The standard InChI is InChI=1S/C6H3Cl2F3N2O/c7-2-1-12-13(5(11)4(9)10)6(14)3(2)8/h1,4-5H. The minimum atomic E-state index is -3.35. The van der Waals surface area contributed by atoms with Gasteiger partial charge in [-0.1, -0.05) is 23.2 Å². The molecule has 0 aliphatic carbocycles. The molecule has 1 aromatic heterocycles. The van der Waals surface area contributed by atoms with Gasteiger partial charge >= 0.3 is 0 Å². The molecule has 1 heterocycles. The third-order valence-electron chi connectivity index (χ3n) is 1.34. The lowest BCUT2D eigenvalue weighted by atomic mass is 10.5. The maximum Gasteiger partial charge on any atom is 0.289 e. The van der Waals surface area contributed by atoms with E-state index in [2.05, 4.69) is 5.10 Å². The summed E-state index contributed by atoms with van der Waals surface area (Å²) in [4.78, 5) is 11.0. The summed E-state index contributed by atoms with van der Waals surface area (Å²) in [6, 6.07) is 0. The van der Waals surface area contributed by atoms with Crippen molar-refractivity contribution in [2.75, 3.05) is 0 Å². The van der Waals surface area contributed by atoms with Gasteiger partial charge in [-0.15, -0.1) is 0 Å². The molecular formula is C6H3Cl2F3N2O. The maximum absolute atomic E-state index is 12.7. The van der Waals surface area contributed by atoms with Gasteiger partial charge in [-0.25, -0.2) is 13.2 Å². The predicted octanol–water partition coefficient (Wildman–Crippen LogP) is 2.28. The summed E-state index contributed by atoms with van der Waals surface area (Å²) in [5, 5.41) is 2.34. The molecule has 0 fully saturated rings. The molecule has 1 aromatic rings. The molecule has 0 aromatic carbocycles. The molecule has 0 amide bonds. The maximum atomic E-state index is 12.7. The SMILES string of the molecule is O=c1c(Cl)c(Cl)cnn1C(F)C(F)F. The van der Waals surface area contributed by atoms with Crippen LogP contribution in [0, 0.1) is 0 Å². The highest BCUT2D eigenvalue weighted by atomic mass is 35.5. The molecule has 0 saturated heterocycles. The number of alkyl halides is 3. The lowest BCUT2D eigenvalue weighted by Crippen LogP contribution is -2.29. The van der Waals surface area contributed by atoms with E-state index in [0.717, 1.165) is 6.20 Å². The highest BCUT2D eigenvalue weighted by Crippen LogP contribution is 2.19. The summed E-state index contributed by atoms with van der Waals surface area (Å²) in [5.74, 6) is 0. The normalized spacial score (nSPS) is 13.3. The Hall–Kier alpha value is -0.750. The second kappa shape index (κ2) is 4.18. The van der Waals surface area contributed by atoms with Crippen LogP contribution in [0.3, 0.4) is 0 Å². The molecule has 0 N–H and O–H groups in total. The second-order valence-corrected chi connectivity index (χ2v) is 3.05. The van der Waals surface area contributed by atoms with Crippen molar-refractivity contribution in [1.29, 1.82) is 0 Å². The Morgan fingerprint density at radius 2 is 1.93 bits per heavy atom. The Morgan fingerprint density at radius 1 is 1.36 bits per heavy atom. The molecule has 0 saturated carbocycles. The van der Waals surface area contributed by atoms with E-state index in [1.165, 1.54) is 0 Å². The van der Waals surface area contributed by atoms with Crippen LogP contribution in [0.4, 0.5) is 13.2 Å². The summed E-state index contributed by atoms with van der Waals surface area (Å²) in [6.45, 7) is 0. The molecule has 0 radical (unpaired) electrons. The Kier molecular flexibility index (Phi) is 3.38.